The van der Waals surface area contributed by atoms with Crippen LogP contribution in [0.1, 0.15) is 31.8 Å². The van der Waals surface area contributed by atoms with Crippen LogP contribution in [0.4, 0.5) is 0 Å². The fraction of sp³-hybridized carbons (Fsp3) is 0. The third kappa shape index (κ3) is 10.5. The molecule has 0 atom stereocenters. The van der Waals surface area contributed by atoms with E-state index in [1.807, 2.05) is 48.5 Å². The fourth-order valence-electron chi connectivity index (χ4n) is 3.31. The van der Waals surface area contributed by atoms with Crippen molar-refractivity contribution in [3.8, 4) is 0 Å². The maximum Gasteiger partial charge on any atom is 2.00 e. The molecular formula is C30H24CuN6O2S2. The molecule has 8 nitrogen and oxygen atoms in total. The Balaban J connectivity index is 0.000000280. The summed E-state index contributed by atoms with van der Waals surface area (Å²) in [4.78, 5) is 25.0. The summed E-state index contributed by atoms with van der Waals surface area (Å²) in [7, 11) is 0. The number of hydrogen-bond acceptors (Lipinski definition) is 8. The van der Waals surface area contributed by atoms with Gasteiger partial charge in [-0.05, 0) is 10.3 Å². The molecule has 4 N–H and O–H groups in total. The third-order valence-electron chi connectivity index (χ3n) is 5.09. The summed E-state index contributed by atoms with van der Waals surface area (Å²) in [6, 6.07) is 35.9. The molecule has 0 aliphatic carbocycles. The van der Waals surface area contributed by atoms with Crippen LogP contribution in [0.5, 0.6) is 0 Å². The van der Waals surface area contributed by atoms with Gasteiger partial charge in [-0.1, -0.05) is 121 Å². The van der Waals surface area contributed by atoms with Crippen molar-refractivity contribution in [2.45, 2.75) is 0 Å². The van der Waals surface area contributed by atoms with Crippen molar-refractivity contribution in [2.75, 3.05) is 0 Å². The number of nitrogens with zero attached hydrogens (tertiary/aromatic N) is 4. The SMILES string of the molecule is N/C([S-])=N/N=C(/C(=O)c1ccccc1)c1ccccc1.N/C([S-])=N/N=C(/C(=O)c1ccccc1)c1ccccc1.[Cu+2]. The zero-order valence-electron chi connectivity index (χ0n) is 21.4. The van der Waals surface area contributed by atoms with Gasteiger partial charge in [-0.3, -0.25) is 9.59 Å². The molecule has 0 aromatic heterocycles. The molecule has 0 amide bonds. The third-order valence-corrected chi connectivity index (χ3v) is 5.26. The minimum absolute atomic E-state index is 0. The number of nitrogens with two attached hydrogens (primary N) is 2. The monoisotopic (exact) mass is 627 g/mol. The number of Topliss-reactive ketones (excluding diaryl/α,β-unsaturated/α-hetero) is 2. The largest absolute Gasteiger partial charge is 2.00 e. The van der Waals surface area contributed by atoms with Crippen molar-refractivity contribution in [1.82, 2.24) is 0 Å². The molecule has 209 valence electrons. The Labute approximate surface area is 259 Å². The van der Waals surface area contributed by atoms with Crippen LogP contribution in [0.3, 0.4) is 0 Å². The van der Waals surface area contributed by atoms with Crippen LogP contribution in [0, 0.1) is 0 Å². The van der Waals surface area contributed by atoms with E-state index in [2.05, 4.69) is 45.7 Å². The molecule has 0 fully saturated rings. The van der Waals surface area contributed by atoms with Crippen LogP contribution in [-0.4, -0.2) is 33.3 Å². The van der Waals surface area contributed by atoms with Gasteiger partial charge in [0.15, 0.2) is 0 Å². The smallest absolute Gasteiger partial charge is 0.741 e. The summed E-state index contributed by atoms with van der Waals surface area (Å²) in [5.41, 5.74) is 13.4. The Kier molecular flexibility index (Phi) is 13.7. The van der Waals surface area contributed by atoms with Crippen LogP contribution in [0.25, 0.3) is 0 Å². The van der Waals surface area contributed by atoms with Crippen molar-refractivity contribution in [3.63, 3.8) is 0 Å². The zero-order chi connectivity index (χ0) is 28.7. The van der Waals surface area contributed by atoms with Crippen molar-refractivity contribution in [1.29, 1.82) is 0 Å². The van der Waals surface area contributed by atoms with E-state index >= 15 is 0 Å². The molecule has 4 rings (SSSR count). The molecule has 41 heavy (non-hydrogen) atoms. The Hall–Kier alpha value is -4.54. The first-order valence-electron chi connectivity index (χ1n) is 11.8. The maximum atomic E-state index is 12.5. The number of ketones is 2. The Morgan fingerprint density at radius 2 is 0.683 bits per heavy atom. The molecule has 0 saturated carbocycles. The molecule has 0 heterocycles. The average Bonchev–Trinajstić information content (AvgIpc) is 2.99. The van der Waals surface area contributed by atoms with Gasteiger partial charge in [-0.15, -0.1) is 10.2 Å². The number of carbonyl (C=O) groups excluding carboxylic acids is 2. The van der Waals surface area contributed by atoms with E-state index in [0.717, 1.165) is 0 Å². The van der Waals surface area contributed by atoms with Gasteiger partial charge in [0.2, 0.25) is 11.6 Å². The summed E-state index contributed by atoms with van der Waals surface area (Å²) in [5.74, 6) is -0.450. The molecule has 11 heteroatoms. The fourth-order valence-corrected chi connectivity index (χ4v) is 3.39. The van der Waals surface area contributed by atoms with E-state index in [9.17, 15) is 9.59 Å². The molecule has 0 aliphatic rings. The van der Waals surface area contributed by atoms with E-state index in [0.29, 0.717) is 22.3 Å². The van der Waals surface area contributed by atoms with Crippen molar-refractivity contribution in [2.24, 2.45) is 31.9 Å². The topological polar surface area (TPSA) is 136 Å². The molecule has 4 aromatic carbocycles. The summed E-state index contributed by atoms with van der Waals surface area (Å²) >= 11 is 9.32. The second-order valence-electron chi connectivity index (χ2n) is 7.90. The van der Waals surface area contributed by atoms with E-state index < -0.39 is 0 Å². The van der Waals surface area contributed by atoms with E-state index in [1.54, 1.807) is 72.8 Å². The predicted molar refractivity (Wildman–Crippen MR) is 165 cm³/mol. The second-order valence-corrected chi connectivity index (χ2v) is 8.73. The molecule has 0 aliphatic heterocycles. The molecule has 0 saturated heterocycles. The van der Waals surface area contributed by atoms with Gasteiger partial charge >= 0.3 is 17.1 Å². The van der Waals surface area contributed by atoms with Gasteiger partial charge in [-0.25, -0.2) is 0 Å². The minimum atomic E-state index is -0.225. The number of amidine groups is 2. The molecule has 1 radical (unpaired) electrons. The van der Waals surface area contributed by atoms with Crippen molar-refractivity contribution < 1.29 is 26.7 Å². The van der Waals surface area contributed by atoms with E-state index in [1.165, 1.54) is 0 Å². The Morgan fingerprint density at radius 3 is 0.927 bits per heavy atom. The average molecular weight is 628 g/mol. The second kappa shape index (κ2) is 17.2. The molecule has 0 bridgehead atoms. The number of rotatable bonds is 8. The summed E-state index contributed by atoms with van der Waals surface area (Å²) in [5, 5.41) is 14.8. The number of hydrogen-bond donors (Lipinski definition) is 2. The van der Waals surface area contributed by atoms with Crippen LogP contribution in [-0.2, 0) is 42.3 Å². The number of carbonyl (C=O) groups is 2. The first-order valence-corrected chi connectivity index (χ1v) is 12.6. The summed E-state index contributed by atoms with van der Waals surface area (Å²) < 4.78 is 0. The normalized spacial score (nSPS) is 11.9. The summed E-state index contributed by atoms with van der Waals surface area (Å²) in [6.07, 6.45) is 0. The first-order chi connectivity index (χ1) is 19.4. The summed E-state index contributed by atoms with van der Waals surface area (Å²) in [6.45, 7) is 0. The molecule has 0 spiro atoms. The van der Waals surface area contributed by atoms with Crippen LogP contribution < -0.4 is 11.5 Å². The Morgan fingerprint density at radius 1 is 0.439 bits per heavy atom. The standard InChI is InChI=1S/2C15H13N3OS.Cu/c2*16-15(20)18-17-13(11-7-3-1-4-8-11)14(19)12-9-5-2-6-10-12;/h2*1-10H,(H3,16,18,20);/q;;+2/p-2/b2*17-13+;. The van der Waals surface area contributed by atoms with Gasteiger partial charge in [0, 0.05) is 22.3 Å². The number of benzene rings is 4. The first kappa shape index (κ1) is 32.7. The van der Waals surface area contributed by atoms with Crippen LogP contribution in [0.2, 0.25) is 0 Å². The van der Waals surface area contributed by atoms with Gasteiger partial charge in [0.05, 0.1) is 0 Å². The zero-order valence-corrected chi connectivity index (χ0v) is 24.0. The van der Waals surface area contributed by atoms with Crippen LogP contribution in [0.15, 0.2) is 142 Å². The van der Waals surface area contributed by atoms with E-state index in [4.69, 9.17) is 11.5 Å². The van der Waals surface area contributed by atoms with Gasteiger partial charge in [-0.2, -0.15) is 10.2 Å². The van der Waals surface area contributed by atoms with Gasteiger partial charge in [0.25, 0.3) is 0 Å². The predicted octanol–water partition coefficient (Wildman–Crippen LogP) is 4.27. The molecular weight excluding hydrogens is 604 g/mol. The Bertz CT molecular complexity index is 1420. The van der Waals surface area contributed by atoms with Crippen molar-refractivity contribution in [3.05, 3.63) is 144 Å². The van der Waals surface area contributed by atoms with Gasteiger partial charge in [0.1, 0.15) is 11.4 Å². The minimum Gasteiger partial charge on any atom is -0.741 e. The van der Waals surface area contributed by atoms with Crippen LogP contribution >= 0.6 is 0 Å². The van der Waals surface area contributed by atoms with Gasteiger partial charge < -0.3 is 36.7 Å². The molecule has 4 aromatic rings. The van der Waals surface area contributed by atoms with E-state index in [-0.39, 0.29) is 50.4 Å². The maximum absolute atomic E-state index is 12.5. The molecule has 0 unspecified atom stereocenters. The van der Waals surface area contributed by atoms with Crippen molar-refractivity contribution >= 4 is 58.6 Å². The quantitative estimate of drug-likeness (QED) is 0.0748.